The van der Waals surface area contributed by atoms with Crippen LogP contribution in [0.1, 0.15) is 18.4 Å². The van der Waals surface area contributed by atoms with E-state index < -0.39 is 15.8 Å². The van der Waals surface area contributed by atoms with Gasteiger partial charge in [-0.15, -0.1) is 9.24 Å². The molecule has 54 heavy (non-hydrogen) atoms. The first-order valence-electron chi connectivity index (χ1n) is 18.5. The minimum atomic E-state index is -0.926. The molecule has 5 heteroatoms. The van der Waals surface area contributed by atoms with Crippen LogP contribution < -0.4 is 37.1 Å². The van der Waals surface area contributed by atoms with Crippen molar-refractivity contribution in [2.45, 2.75) is 19.3 Å². The lowest BCUT2D eigenvalue weighted by atomic mass is 9.92. The summed E-state index contributed by atoms with van der Waals surface area (Å²) in [4.78, 5) is 12.3. The number of amides is 1. The van der Waals surface area contributed by atoms with Gasteiger partial charge < -0.3 is 5.32 Å². The van der Waals surface area contributed by atoms with Crippen molar-refractivity contribution in [1.82, 2.24) is 5.32 Å². The second-order valence-corrected chi connectivity index (χ2v) is 18.1. The summed E-state index contributed by atoms with van der Waals surface area (Å²) in [5, 5.41) is 15.9. The Balaban J connectivity index is 1.44. The van der Waals surface area contributed by atoms with Gasteiger partial charge >= 0.3 is 0 Å². The van der Waals surface area contributed by atoms with Crippen LogP contribution in [0.5, 0.6) is 0 Å². The van der Waals surface area contributed by atoms with E-state index in [1.165, 1.54) is 70.1 Å². The van der Waals surface area contributed by atoms with E-state index in [4.69, 9.17) is 0 Å². The van der Waals surface area contributed by atoms with Crippen LogP contribution in [0.4, 0.5) is 0 Å². The van der Waals surface area contributed by atoms with Gasteiger partial charge in [-0.3, -0.25) is 4.79 Å². The highest BCUT2D eigenvalue weighted by molar-refractivity contribution is 7.80. The maximum Gasteiger partial charge on any atom is 0.220 e. The fourth-order valence-electron chi connectivity index (χ4n) is 7.50. The third kappa shape index (κ3) is 7.67. The van der Waals surface area contributed by atoms with Gasteiger partial charge in [0.15, 0.2) is 0 Å². The second-order valence-electron chi connectivity index (χ2n) is 13.4. The Kier molecular flexibility index (Phi) is 11.4. The zero-order chi connectivity index (χ0) is 36.7. The fourth-order valence-corrected chi connectivity index (χ4v) is 12.7. The van der Waals surface area contributed by atoms with Crippen LogP contribution in [0, 0.1) is 0 Å². The molecule has 0 aromatic heterocycles. The summed E-state index contributed by atoms with van der Waals surface area (Å²) in [6.45, 7) is 0. The van der Waals surface area contributed by atoms with Gasteiger partial charge in [-0.2, -0.15) is 0 Å². The second kappa shape index (κ2) is 17.0. The summed E-state index contributed by atoms with van der Waals surface area (Å²) >= 11 is 0. The van der Waals surface area contributed by atoms with Gasteiger partial charge in [0.25, 0.3) is 0 Å². The molecule has 0 spiro atoms. The van der Waals surface area contributed by atoms with Gasteiger partial charge in [-0.1, -0.05) is 188 Å². The van der Waals surface area contributed by atoms with Crippen molar-refractivity contribution >= 4 is 84.4 Å². The number of benzene rings is 8. The summed E-state index contributed by atoms with van der Waals surface area (Å²) in [5.74, 6) is 0.102. The van der Waals surface area contributed by atoms with Crippen LogP contribution >= 0.6 is 25.1 Å². The smallest absolute Gasteiger partial charge is 0.220 e. The van der Waals surface area contributed by atoms with Crippen molar-refractivity contribution in [2.75, 3.05) is 6.29 Å². The summed E-state index contributed by atoms with van der Waals surface area (Å²) in [5.41, 5.74) is 3.87. The molecular weight excluding hydrogens is 711 g/mol. The molecular formula is C49H42NOP3. The van der Waals surface area contributed by atoms with Gasteiger partial charge in [-0.05, 0) is 98.7 Å². The Labute approximate surface area is 323 Å². The third-order valence-electron chi connectivity index (χ3n) is 9.93. The highest BCUT2D eigenvalue weighted by Gasteiger charge is 2.28. The molecule has 8 aromatic rings. The van der Waals surface area contributed by atoms with E-state index in [0.29, 0.717) is 12.7 Å². The minimum absolute atomic E-state index is 0.102. The maximum absolute atomic E-state index is 12.3. The Hall–Kier alpha value is -4.96. The predicted octanol–water partition coefficient (Wildman–Crippen LogP) is 9.45. The quantitative estimate of drug-likeness (QED) is 0.124. The first kappa shape index (κ1) is 36.0. The zero-order valence-electron chi connectivity index (χ0n) is 30.1. The van der Waals surface area contributed by atoms with Gasteiger partial charge in [0.2, 0.25) is 5.91 Å². The van der Waals surface area contributed by atoms with E-state index in [2.05, 4.69) is 203 Å². The molecule has 1 unspecified atom stereocenters. The van der Waals surface area contributed by atoms with Crippen LogP contribution in [0.25, 0.3) is 32.7 Å². The van der Waals surface area contributed by atoms with Crippen molar-refractivity contribution < 1.29 is 4.79 Å². The first-order valence-corrected chi connectivity index (χ1v) is 22.0. The molecule has 0 aliphatic rings. The van der Waals surface area contributed by atoms with Gasteiger partial charge in [0.1, 0.15) is 0 Å². The van der Waals surface area contributed by atoms with E-state index in [9.17, 15) is 4.79 Å². The van der Waals surface area contributed by atoms with Crippen molar-refractivity contribution in [1.29, 1.82) is 0 Å². The van der Waals surface area contributed by atoms with Crippen LogP contribution in [0.15, 0.2) is 188 Å². The summed E-state index contributed by atoms with van der Waals surface area (Å²) in [6.07, 6.45) is 2.77. The number of carbonyl (C=O) groups is 1. The Morgan fingerprint density at radius 3 is 1.43 bits per heavy atom. The first-order chi connectivity index (χ1) is 26.7. The molecule has 0 bridgehead atoms. The molecule has 0 saturated heterocycles. The van der Waals surface area contributed by atoms with E-state index in [-0.39, 0.29) is 5.91 Å². The number of nitrogens with one attached hydrogen (secondary N) is 1. The lowest BCUT2D eigenvalue weighted by molar-refractivity contribution is -0.120. The molecule has 0 aliphatic carbocycles. The zero-order valence-corrected chi connectivity index (χ0v) is 33.0. The summed E-state index contributed by atoms with van der Waals surface area (Å²) in [7, 11) is 0.725. The molecule has 0 aliphatic heterocycles. The van der Waals surface area contributed by atoms with Crippen LogP contribution in [-0.2, 0) is 11.2 Å². The average Bonchev–Trinajstić information content (AvgIpc) is 3.23. The highest BCUT2D eigenvalue weighted by Crippen LogP contribution is 2.45. The molecule has 1 N–H and O–H groups in total. The lowest BCUT2D eigenvalue weighted by Crippen LogP contribution is -2.26. The highest BCUT2D eigenvalue weighted by atomic mass is 31.1. The normalized spacial score (nSPS) is 11.4. The molecule has 0 radical (unpaired) electrons. The number of aryl methyl sites for hydroxylation is 1. The van der Waals surface area contributed by atoms with Crippen molar-refractivity contribution in [2.24, 2.45) is 0 Å². The van der Waals surface area contributed by atoms with E-state index in [1.54, 1.807) is 0 Å². The molecule has 8 aromatic carbocycles. The average molecular weight is 754 g/mol. The molecule has 1 amide bonds. The number of carbonyl (C=O) groups excluding carboxylic acids is 1. The van der Waals surface area contributed by atoms with E-state index in [1.807, 2.05) is 0 Å². The molecule has 0 fully saturated rings. The monoisotopic (exact) mass is 753 g/mol. The molecule has 0 saturated carbocycles. The van der Waals surface area contributed by atoms with Crippen molar-refractivity contribution in [3.8, 4) is 11.1 Å². The largest absolute Gasteiger partial charge is 0.353 e. The molecule has 264 valence electrons. The lowest BCUT2D eigenvalue weighted by Gasteiger charge is -2.28. The van der Waals surface area contributed by atoms with Crippen LogP contribution in [0.3, 0.4) is 0 Å². The number of hydrogen-bond acceptors (Lipinski definition) is 1. The Morgan fingerprint density at radius 2 is 0.926 bits per heavy atom. The van der Waals surface area contributed by atoms with Crippen molar-refractivity contribution in [3.05, 3.63) is 194 Å². The minimum Gasteiger partial charge on any atom is -0.353 e. The molecule has 0 heterocycles. The van der Waals surface area contributed by atoms with Gasteiger partial charge in [-0.25, -0.2) is 0 Å². The summed E-state index contributed by atoms with van der Waals surface area (Å²) < 4.78 is 0. The topological polar surface area (TPSA) is 29.1 Å². The fraction of sp³-hybridized carbons (Fsp3) is 0.0816. The van der Waals surface area contributed by atoms with Crippen LogP contribution in [-0.4, -0.2) is 12.2 Å². The molecule has 8 rings (SSSR count). The number of hydrogen-bond donors (Lipinski definition) is 1. The van der Waals surface area contributed by atoms with Gasteiger partial charge in [0, 0.05) is 12.7 Å². The summed E-state index contributed by atoms with van der Waals surface area (Å²) in [6, 6.07) is 69.7. The predicted molar refractivity (Wildman–Crippen MR) is 240 cm³/mol. The molecule has 1 atom stereocenters. The van der Waals surface area contributed by atoms with E-state index >= 15 is 0 Å². The van der Waals surface area contributed by atoms with Gasteiger partial charge in [0.05, 0.1) is 0 Å². The third-order valence-corrected chi connectivity index (χ3v) is 15.1. The molecule has 2 nitrogen and oxygen atoms in total. The van der Waals surface area contributed by atoms with E-state index in [0.717, 1.165) is 12.8 Å². The SMILES string of the molecule is O=C(CCCc1ccc2c(-c3c(P(c4ccccc4)c4ccccc4)ccc4ccccc34)c(P(c3ccccc3)c3ccccc3)ccc2c1)NCP. The Morgan fingerprint density at radius 1 is 0.481 bits per heavy atom. The maximum atomic E-state index is 12.3. The number of rotatable bonds is 12. The van der Waals surface area contributed by atoms with Crippen molar-refractivity contribution in [3.63, 3.8) is 0 Å². The Bertz CT molecular complexity index is 2430. The number of fused-ring (bicyclic) bond motifs is 2. The van der Waals surface area contributed by atoms with Crippen LogP contribution in [0.2, 0.25) is 0 Å². The standard InChI is InChI=1S/C49H42NOP3/c51-47(50-35-52)27-15-16-36-28-31-44-38(34-36)30-33-46(54(41-22-9-3-10-23-41)42-24-11-4-12-25-42)49(44)48-43-26-14-13-17-37(43)29-32-45(48)53(39-18-5-1-6-19-39)40-20-7-2-8-21-40/h1-14,17-26,28-34H,15-16,27,35,52H2,(H,50,51).